The Kier molecular flexibility index (Phi) is 7.12. The monoisotopic (exact) mass is 407 g/mol. The molecule has 1 N–H and O–H groups in total. The van der Waals surface area contributed by atoms with Gasteiger partial charge in [0.25, 0.3) is 5.91 Å². The van der Waals surface area contributed by atoms with Gasteiger partial charge in [0, 0.05) is 38.3 Å². The molecule has 156 valence electrons. The van der Waals surface area contributed by atoms with Crippen LogP contribution in [0.1, 0.15) is 49.9 Å². The second kappa shape index (κ2) is 9.37. The maximum absolute atomic E-state index is 12.7. The van der Waals surface area contributed by atoms with E-state index in [0.717, 1.165) is 50.7 Å². The zero-order valence-electron chi connectivity index (χ0n) is 17.1. The summed E-state index contributed by atoms with van der Waals surface area (Å²) in [6, 6.07) is 6.39. The van der Waals surface area contributed by atoms with E-state index in [1.165, 1.54) is 16.8 Å². The zero-order valence-corrected chi connectivity index (χ0v) is 17.9. The number of hydrogen-bond acceptors (Lipinski definition) is 4. The maximum Gasteiger partial charge on any atom is 0.251 e. The molecule has 2 aliphatic heterocycles. The molecule has 2 atom stereocenters. The summed E-state index contributed by atoms with van der Waals surface area (Å²) < 4.78 is 26.9. The Bertz CT molecular complexity index is 765. The minimum Gasteiger partial charge on any atom is -0.352 e. The van der Waals surface area contributed by atoms with Crippen LogP contribution in [0.25, 0.3) is 0 Å². The smallest absolute Gasteiger partial charge is 0.251 e. The van der Waals surface area contributed by atoms with Crippen molar-refractivity contribution < 1.29 is 13.2 Å². The van der Waals surface area contributed by atoms with Crippen molar-refractivity contribution in [2.45, 2.75) is 44.4 Å². The highest BCUT2D eigenvalue weighted by atomic mass is 32.2. The lowest BCUT2D eigenvalue weighted by molar-refractivity contribution is 0.0947. The van der Waals surface area contributed by atoms with E-state index in [0.29, 0.717) is 25.2 Å². The molecule has 0 spiro atoms. The Hall–Kier alpha value is -1.44. The molecule has 28 heavy (non-hydrogen) atoms. The van der Waals surface area contributed by atoms with E-state index < -0.39 is 10.0 Å². The predicted molar refractivity (Wildman–Crippen MR) is 111 cm³/mol. The second-order valence-corrected chi connectivity index (χ2v) is 10.4. The summed E-state index contributed by atoms with van der Waals surface area (Å²) in [5, 5.41) is 2.94. The van der Waals surface area contributed by atoms with Crippen LogP contribution < -0.4 is 5.32 Å². The number of benzene rings is 1. The molecule has 3 rings (SSSR count). The summed E-state index contributed by atoms with van der Waals surface area (Å²) in [4.78, 5) is 15.2. The van der Waals surface area contributed by atoms with Crippen LogP contribution in [0.2, 0.25) is 0 Å². The number of carbonyl (C=O) groups is 1. The standard InChI is InChI=1S/C21H33N3O3S/c1-17-13-18(2)16-23(15-17)10-6-9-22-21(25)19-7-5-8-20(14-19)28(26,27)24-11-3-4-12-24/h5,7-8,14,17-18H,3-4,6,9-13,15-16H2,1-2H3,(H,22,25)/t17-,18+. The van der Waals surface area contributed by atoms with Crippen molar-refractivity contribution >= 4 is 15.9 Å². The highest BCUT2D eigenvalue weighted by Gasteiger charge is 2.27. The maximum atomic E-state index is 12.7. The second-order valence-electron chi connectivity index (χ2n) is 8.45. The number of rotatable bonds is 7. The van der Waals surface area contributed by atoms with Crippen molar-refractivity contribution in [3.63, 3.8) is 0 Å². The number of amides is 1. The van der Waals surface area contributed by atoms with Crippen LogP contribution in [0.3, 0.4) is 0 Å². The van der Waals surface area contributed by atoms with Gasteiger partial charge in [0.1, 0.15) is 0 Å². The summed E-state index contributed by atoms with van der Waals surface area (Å²) in [5.41, 5.74) is 0.403. The molecule has 2 fully saturated rings. The van der Waals surface area contributed by atoms with E-state index in [-0.39, 0.29) is 10.8 Å². The number of sulfonamides is 1. The highest BCUT2D eigenvalue weighted by Crippen LogP contribution is 2.22. The van der Waals surface area contributed by atoms with Gasteiger partial charge >= 0.3 is 0 Å². The minimum absolute atomic E-state index is 0.207. The number of nitrogens with zero attached hydrogens (tertiary/aromatic N) is 2. The third-order valence-electron chi connectivity index (χ3n) is 5.68. The lowest BCUT2D eigenvalue weighted by atomic mass is 9.92. The van der Waals surface area contributed by atoms with Crippen LogP contribution in [0, 0.1) is 11.8 Å². The molecule has 1 aromatic carbocycles. The largest absolute Gasteiger partial charge is 0.352 e. The lowest BCUT2D eigenvalue weighted by Gasteiger charge is -2.34. The first-order valence-corrected chi connectivity index (χ1v) is 11.9. The highest BCUT2D eigenvalue weighted by molar-refractivity contribution is 7.89. The Morgan fingerprint density at radius 1 is 1.14 bits per heavy atom. The molecule has 2 heterocycles. The van der Waals surface area contributed by atoms with Gasteiger partial charge in [-0.2, -0.15) is 4.31 Å². The number of hydrogen-bond donors (Lipinski definition) is 1. The normalized spacial score (nSPS) is 24.4. The van der Waals surface area contributed by atoms with Gasteiger partial charge < -0.3 is 10.2 Å². The molecule has 7 heteroatoms. The van der Waals surface area contributed by atoms with E-state index in [1.54, 1.807) is 18.2 Å². The summed E-state index contributed by atoms with van der Waals surface area (Å²) in [6.07, 6.45) is 3.99. The Morgan fingerprint density at radius 3 is 2.50 bits per heavy atom. The predicted octanol–water partition coefficient (Wildman–Crippen LogP) is 2.57. The topological polar surface area (TPSA) is 69.7 Å². The molecule has 2 saturated heterocycles. The van der Waals surface area contributed by atoms with Gasteiger partial charge in [-0.3, -0.25) is 4.79 Å². The first kappa shape index (κ1) is 21.3. The molecule has 0 aromatic heterocycles. The van der Waals surface area contributed by atoms with Gasteiger partial charge in [-0.1, -0.05) is 19.9 Å². The van der Waals surface area contributed by atoms with E-state index in [2.05, 4.69) is 24.1 Å². The fraction of sp³-hybridized carbons (Fsp3) is 0.667. The average Bonchev–Trinajstić information content (AvgIpc) is 3.20. The van der Waals surface area contributed by atoms with E-state index in [9.17, 15) is 13.2 Å². The molecule has 0 saturated carbocycles. The van der Waals surface area contributed by atoms with Gasteiger partial charge in [0.2, 0.25) is 10.0 Å². The quantitative estimate of drug-likeness (QED) is 0.706. The van der Waals surface area contributed by atoms with E-state index in [1.807, 2.05) is 0 Å². The third-order valence-corrected chi connectivity index (χ3v) is 7.57. The molecule has 6 nitrogen and oxygen atoms in total. The molecule has 0 bridgehead atoms. The fourth-order valence-corrected chi connectivity index (χ4v) is 6.02. The molecule has 2 aliphatic rings. The van der Waals surface area contributed by atoms with Crippen LogP contribution in [-0.4, -0.2) is 62.8 Å². The molecule has 0 radical (unpaired) electrons. The number of nitrogens with one attached hydrogen (secondary N) is 1. The van der Waals surface area contributed by atoms with Crippen molar-refractivity contribution in [2.75, 3.05) is 39.3 Å². The van der Waals surface area contributed by atoms with Crippen LogP contribution >= 0.6 is 0 Å². The minimum atomic E-state index is -3.50. The van der Waals surface area contributed by atoms with Crippen molar-refractivity contribution in [3.05, 3.63) is 29.8 Å². The van der Waals surface area contributed by atoms with Gasteiger partial charge in [-0.15, -0.1) is 0 Å². The summed E-state index contributed by atoms with van der Waals surface area (Å²) >= 11 is 0. The number of likely N-dealkylation sites (tertiary alicyclic amines) is 1. The van der Waals surface area contributed by atoms with Crippen molar-refractivity contribution in [3.8, 4) is 0 Å². The van der Waals surface area contributed by atoms with Crippen LogP contribution in [0.4, 0.5) is 0 Å². The molecular weight excluding hydrogens is 374 g/mol. The summed E-state index contributed by atoms with van der Waals surface area (Å²) in [5.74, 6) is 1.26. The third kappa shape index (κ3) is 5.33. The molecule has 0 unspecified atom stereocenters. The fourth-order valence-electron chi connectivity index (χ4n) is 4.46. The molecular formula is C21H33N3O3S. The number of carbonyl (C=O) groups excluding carboxylic acids is 1. The average molecular weight is 408 g/mol. The van der Waals surface area contributed by atoms with E-state index in [4.69, 9.17) is 0 Å². The summed E-state index contributed by atoms with van der Waals surface area (Å²) in [6.45, 7) is 9.57. The van der Waals surface area contributed by atoms with Gasteiger partial charge in [-0.05, 0) is 62.3 Å². The Balaban J connectivity index is 1.51. The molecule has 0 aliphatic carbocycles. The first-order valence-electron chi connectivity index (χ1n) is 10.5. The zero-order chi connectivity index (χ0) is 20.1. The summed E-state index contributed by atoms with van der Waals surface area (Å²) in [7, 11) is -3.50. The van der Waals surface area contributed by atoms with Crippen LogP contribution in [0.15, 0.2) is 29.2 Å². The van der Waals surface area contributed by atoms with Crippen molar-refractivity contribution in [1.29, 1.82) is 0 Å². The first-order chi connectivity index (χ1) is 13.4. The van der Waals surface area contributed by atoms with E-state index >= 15 is 0 Å². The van der Waals surface area contributed by atoms with Crippen LogP contribution in [-0.2, 0) is 10.0 Å². The van der Waals surface area contributed by atoms with Gasteiger partial charge in [0.05, 0.1) is 4.90 Å². The molecule has 1 amide bonds. The molecule has 1 aromatic rings. The van der Waals surface area contributed by atoms with Crippen molar-refractivity contribution in [2.24, 2.45) is 11.8 Å². The Labute approximate surface area is 169 Å². The SMILES string of the molecule is C[C@@H]1C[C@H](C)CN(CCCNC(=O)c2cccc(S(=O)(=O)N3CCCC3)c2)C1. The number of piperidine rings is 1. The Morgan fingerprint density at radius 2 is 1.82 bits per heavy atom. The van der Waals surface area contributed by atoms with Gasteiger partial charge in [-0.25, -0.2) is 8.42 Å². The van der Waals surface area contributed by atoms with Crippen LogP contribution in [0.5, 0.6) is 0 Å². The van der Waals surface area contributed by atoms with Gasteiger partial charge in [0.15, 0.2) is 0 Å². The van der Waals surface area contributed by atoms with Crippen molar-refractivity contribution in [1.82, 2.24) is 14.5 Å². The lowest BCUT2D eigenvalue weighted by Crippen LogP contribution is -2.40.